The van der Waals surface area contributed by atoms with E-state index in [0.717, 1.165) is 39.9 Å². The summed E-state index contributed by atoms with van der Waals surface area (Å²) in [6.07, 6.45) is 1.90. The quantitative estimate of drug-likeness (QED) is 0.519. The second-order valence-electron chi connectivity index (χ2n) is 6.79. The molecule has 26 heavy (non-hydrogen) atoms. The predicted molar refractivity (Wildman–Crippen MR) is 112 cm³/mol. The molecule has 0 bridgehead atoms. The molecule has 4 rings (SSSR count). The van der Waals surface area contributed by atoms with Gasteiger partial charge in [0.05, 0.1) is 11.8 Å². The molecule has 0 saturated carbocycles. The number of imidazole rings is 1. The van der Waals surface area contributed by atoms with Gasteiger partial charge in [0.1, 0.15) is 16.0 Å². The number of hydrogen-bond acceptors (Lipinski definition) is 3. The van der Waals surface area contributed by atoms with Crippen LogP contribution in [0.4, 0.5) is 5.82 Å². The van der Waals surface area contributed by atoms with Crippen LogP contribution < -0.4 is 5.32 Å². The molecule has 1 N–H and O–H groups in total. The van der Waals surface area contributed by atoms with E-state index < -0.39 is 0 Å². The number of fused-ring (bicyclic) bond motifs is 3. The number of aromatic nitrogens is 3. The van der Waals surface area contributed by atoms with Gasteiger partial charge in [-0.3, -0.25) is 0 Å². The van der Waals surface area contributed by atoms with Gasteiger partial charge in [-0.25, -0.2) is 9.97 Å². The molecule has 0 amide bonds. The summed E-state index contributed by atoms with van der Waals surface area (Å²) in [7, 11) is 0. The number of thiocarbonyl (C=S) groups is 1. The van der Waals surface area contributed by atoms with Crippen LogP contribution >= 0.6 is 12.2 Å². The van der Waals surface area contributed by atoms with Crippen LogP contribution in [0.15, 0.2) is 60.9 Å². The lowest BCUT2D eigenvalue weighted by Gasteiger charge is -2.13. The minimum Gasteiger partial charge on any atom is -0.329 e. The summed E-state index contributed by atoms with van der Waals surface area (Å²) in [5.41, 5.74) is 3.83. The zero-order valence-corrected chi connectivity index (χ0v) is 15.6. The average Bonchev–Trinajstić information content (AvgIpc) is 3.06. The molecule has 5 heteroatoms. The molecule has 130 valence electrons. The van der Waals surface area contributed by atoms with Crippen LogP contribution in [0.3, 0.4) is 0 Å². The Bertz CT molecular complexity index is 1080. The molecular weight excluding hydrogens is 340 g/mol. The fourth-order valence-electron chi connectivity index (χ4n) is 3.16. The van der Waals surface area contributed by atoms with Crippen molar-refractivity contribution >= 4 is 45.0 Å². The fraction of sp³-hybridized carbons (Fsp3) is 0.190. The molecule has 0 aliphatic rings. The Hall–Kier alpha value is -2.79. The van der Waals surface area contributed by atoms with Crippen LogP contribution in [0.5, 0.6) is 0 Å². The van der Waals surface area contributed by atoms with Crippen molar-refractivity contribution in [2.45, 2.75) is 20.4 Å². The van der Waals surface area contributed by atoms with Gasteiger partial charge in [0.25, 0.3) is 0 Å². The Balaban J connectivity index is 1.88. The van der Waals surface area contributed by atoms with E-state index in [9.17, 15) is 0 Å². The van der Waals surface area contributed by atoms with Crippen molar-refractivity contribution in [3.05, 3.63) is 66.5 Å². The molecule has 2 heterocycles. The van der Waals surface area contributed by atoms with E-state index in [4.69, 9.17) is 17.2 Å². The topological polar surface area (TPSA) is 42.7 Å². The number of pyridine rings is 1. The van der Waals surface area contributed by atoms with Crippen molar-refractivity contribution in [1.82, 2.24) is 14.5 Å². The highest BCUT2D eigenvalue weighted by Crippen LogP contribution is 2.29. The Labute approximate surface area is 157 Å². The first-order chi connectivity index (χ1) is 12.6. The van der Waals surface area contributed by atoms with Gasteiger partial charge in [-0.2, -0.15) is 0 Å². The smallest absolute Gasteiger partial charge is 0.158 e. The van der Waals surface area contributed by atoms with Gasteiger partial charge in [0.2, 0.25) is 0 Å². The molecule has 4 aromatic rings. The molecule has 2 aromatic heterocycles. The molecule has 0 spiro atoms. The Kier molecular flexibility index (Phi) is 4.39. The number of rotatable bonds is 4. The lowest BCUT2D eigenvalue weighted by atomic mass is 10.1. The Morgan fingerprint density at radius 2 is 1.81 bits per heavy atom. The molecule has 0 atom stereocenters. The van der Waals surface area contributed by atoms with Crippen LogP contribution in [0, 0.1) is 5.92 Å². The van der Waals surface area contributed by atoms with Crippen LogP contribution in [-0.4, -0.2) is 19.5 Å². The molecule has 4 nitrogen and oxygen atoms in total. The maximum absolute atomic E-state index is 5.61. The van der Waals surface area contributed by atoms with Gasteiger partial charge in [-0.1, -0.05) is 74.6 Å². The molecular formula is C21H20N4S. The monoisotopic (exact) mass is 360 g/mol. The summed E-state index contributed by atoms with van der Waals surface area (Å²) in [5.74, 6) is 1.26. The highest BCUT2D eigenvalue weighted by Gasteiger charge is 2.16. The van der Waals surface area contributed by atoms with Crippen molar-refractivity contribution in [2.24, 2.45) is 5.92 Å². The number of benzene rings is 2. The van der Waals surface area contributed by atoms with E-state index in [1.165, 1.54) is 0 Å². The second-order valence-corrected chi connectivity index (χ2v) is 7.19. The Morgan fingerprint density at radius 1 is 1.08 bits per heavy atom. The number of anilines is 1. The maximum Gasteiger partial charge on any atom is 0.158 e. The normalized spacial score (nSPS) is 11.3. The Morgan fingerprint density at radius 3 is 2.58 bits per heavy atom. The molecule has 0 unspecified atom stereocenters. The summed E-state index contributed by atoms with van der Waals surface area (Å²) in [5, 5.41) is 4.41. The lowest BCUT2D eigenvalue weighted by molar-refractivity contribution is 0.533. The van der Waals surface area contributed by atoms with Crippen molar-refractivity contribution in [3.8, 4) is 0 Å². The molecule has 2 aromatic carbocycles. The van der Waals surface area contributed by atoms with Gasteiger partial charge < -0.3 is 9.88 Å². The summed E-state index contributed by atoms with van der Waals surface area (Å²) in [6.45, 7) is 5.27. The number of nitrogens with one attached hydrogen (secondary N) is 1. The van der Waals surface area contributed by atoms with E-state index >= 15 is 0 Å². The maximum atomic E-state index is 5.61. The largest absolute Gasteiger partial charge is 0.329 e. The van der Waals surface area contributed by atoms with Crippen LogP contribution in [0.25, 0.3) is 21.9 Å². The predicted octanol–water partition coefficient (Wildman–Crippen LogP) is 5.03. The van der Waals surface area contributed by atoms with Crippen LogP contribution in [0.1, 0.15) is 19.4 Å². The summed E-state index contributed by atoms with van der Waals surface area (Å²) >= 11 is 5.61. The molecule has 0 aliphatic carbocycles. The third kappa shape index (κ3) is 3.06. The van der Waals surface area contributed by atoms with Crippen molar-refractivity contribution < 1.29 is 0 Å². The van der Waals surface area contributed by atoms with E-state index in [-0.39, 0.29) is 0 Å². The summed E-state index contributed by atoms with van der Waals surface area (Å²) < 4.78 is 2.16. The first-order valence-corrected chi connectivity index (χ1v) is 9.14. The first kappa shape index (κ1) is 16.7. The zero-order chi connectivity index (χ0) is 18.1. The number of nitrogens with zero attached hydrogens (tertiary/aromatic N) is 3. The highest BCUT2D eigenvalue weighted by molar-refractivity contribution is 7.81. The zero-order valence-electron chi connectivity index (χ0n) is 14.8. The van der Waals surface area contributed by atoms with Crippen molar-refractivity contribution in [2.75, 3.05) is 5.32 Å². The van der Waals surface area contributed by atoms with Crippen LogP contribution in [0.2, 0.25) is 0 Å². The third-order valence-electron chi connectivity index (χ3n) is 4.28. The average molecular weight is 360 g/mol. The standard InChI is InChI=1S/C21H20N4S/c1-14(2)12-25-13-22-18-16-10-6-7-11-17(16)23-20(19(18)25)24-21(26)15-8-4-3-5-9-15/h3-11,13-14H,12H2,1-2H3,(H,23,24,26). The summed E-state index contributed by atoms with van der Waals surface area (Å²) in [4.78, 5) is 10.2. The molecule has 0 saturated heterocycles. The lowest BCUT2D eigenvalue weighted by Crippen LogP contribution is -2.13. The van der Waals surface area contributed by atoms with E-state index in [1.807, 2.05) is 54.9 Å². The van der Waals surface area contributed by atoms with Gasteiger partial charge in [0, 0.05) is 17.5 Å². The highest BCUT2D eigenvalue weighted by atomic mass is 32.1. The minimum absolute atomic E-state index is 0.507. The van der Waals surface area contributed by atoms with Crippen molar-refractivity contribution in [3.63, 3.8) is 0 Å². The van der Waals surface area contributed by atoms with E-state index in [1.54, 1.807) is 0 Å². The third-order valence-corrected chi connectivity index (χ3v) is 4.62. The van der Waals surface area contributed by atoms with Gasteiger partial charge >= 0.3 is 0 Å². The van der Waals surface area contributed by atoms with Crippen LogP contribution in [-0.2, 0) is 6.54 Å². The SMILES string of the molecule is CC(C)Cn1cnc2c3ccccc3nc(NC(=S)c3ccccc3)c21. The minimum atomic E-state index is 0.507. The van der Waals surface area contributed by atoms with E-state index in [2.05, 4.69) is 34.8 Å². The van der Waals surface area contributed by atoms with Gasteiger partial charge in [0.15, 0.2) is 5.82 Å². The van der Waals surface area contributed by atoms with Gasteiger partial charge in [-0.05, 0) is 12.0 Å². The van der Waals surface area contributed by atoms with E-state index in [0.29, 0.717) is 10.9 Å². The summed E-state index contributed by atoms with van der Waals surface area (Å²) in [6, 6.07) is 18.0. The number of hydrogen-bond donors (Lipinski definition) is 1. The first-order valence-electron chi connectivity index (χ1n) is 8.73. The number of para-hydroxylation sites is 1. The fourth-order valence-corrected chi connectivity index (χ4v) is 3.39. The second kappa shape index (κ2) is 6.84. The molecule has 0 aliphatic heterocycles. The van der Waals surface area contributed by atoms with Gasteiger partial charge in [-0.15, -0.1) is 0 Å². The molecule has 0 radical (unpaired) electrons. The molecule has 0 fully saturated rings. The van der Waals surface area contributed by atoms with Crippen molar-refractivity contribution in [1.29, 1.82) is 0 Å².